The molecule has 0 N–H and O–H groups in total. The van der Waals surface area contributed by atoms with Gasteiger partial charge < -0.3 is 0 Å². The largest absolute Gasteiger partial charge is 0.141 e. The van der Waals surface area contributed by atoms with Gasteiger partial charge in [0.1, 0.15) is 0 Å². The van der Waals surface area contributed by atoms with Crippen molar-refractivity contribution in [2.24, 2.45) is 0 Å². The summed E-state index contributed by atoms with van der Waals surface area (Å²) < 4.78 is 0. The molecule has 0 atom stereocenters. The summed E-state index contributed by atoms with van der Waals surface area (Å²) in [6.45, 7) is 0. The Hall–Kier alpha value is -17.5. The minimum atomic E-state index is -0.832. The summed E-state index contributed by atoms with van der Waals surface area (Å²) in [6, 6.07) is 191. The maximum atomic E-state index is 2.68. The molecule has 1 aromatic heterocycles. The van der Waals surface area contributed by atoms with E-state index in [9.17, 15) is 0 Å². The van der Waals surface area contributed by atoms with E-state index in [2.05, 4.69) is 497 Å². The van der Waals surface area contributed by atoms with Gasteiger partial charge in [0.05, 0.1) is 32.5 Å². The van der Waals surface area contributed by atoms with E-state index in [1.807, 2.05) is 0 Å². The molecule has 23 aromatic rings. The molecule has 35 rings (SSSR count). The third-order valence-electron chi connectivity index (χ3n) is 36.4. The lowest BCUT2D eigenvalue weighted by Crippen LogP contribution is -2.27. The van der Waals surface area contributed by atoms with Crippen LogP contribution in [-0.2, 0) is 32.5 Å². The molecule has 0 unspecified atom stereocenters. The molecule has 12 aliphatic rings. The molecule has 12 aliphatic carbocycles. The summed E-state index contributed by atoms with van der Waals surface area (Å²) in [7, 11) is 0. The number of hydrogen-bond acceptors (Lipinski definition) is 1. The van der Waals surface area contributed by atoms with E-state index in [1.165, 1.54) is 310 Å². The summed E-state index contributed by atoms with van der Waals surface area (Å²) >= 11 is 2.11. The quantitative estimate of drug-likeness (QED) is 0.165. The van der Waals surface area contributed by atoms with E-state index in [0.717, 1.165) is 0 Å². The zero-order valence-corrected chi connectivity index (χ0v) is 78.4. The van der Waals surface area contributed by atoms with Gasteiger partial charge in [0.2, 0.25) is 0 Å². The Bertz CT molecular complexity index is 8610. The van der Waals surface area contributed by atoms with Gasteiger partial charge in [-0.3, -0.25) is 0 Å². The maximum Gasteiger partial charge on any atom is 0.0819 e. The molecule has 0 aliphatic heterocycles. The maximum absolute atomic E-state index is 2.68. The highest BCUT2D eigenvalue weighted by molar-refractivity contribution is 7.14. The van der Waals surface area contributed by atoms with Crippen LogP contribution in [0.15, 0.2) is 485 Å². The van der Waals surface area contributed by atoms with Crippen molar-refractivity contribution in [3.05, 3.63) is 617 Å². The minimum absolute atomic E-state index is 0.524. The third-order valence-corrected chi connectivity index (χ3v) is 37.8. The van der Waals surface area contributed by atoms with Gasteiger partial charge in [-0.15, -0.1) is 11.3 Å². The molecule has 654 valence electrons. The van der Waals surface area contributed by atoms with Crippen molar-refractivity contribution in [2.45, 2.75) is 32.5 Å². The van der Waals surface area contributed by atoms with E-state index in [-0.39, 0.29) is 0 Å². The van der Waals surface area contributed by atoms with Crippen LogP contribution in [0.4, 0.5) is 0 Å². The van der Waals surface area contributed by atoms with Crippen LogP contribution < -0.4 is 0 Å². The second kappa shape index (κ2) is 26.6. The average Bonchev–Trinajstić information content (AvgIpc) is 1.46. The molecular weight excluding hydrogens is 1740 g/mol. The lowest BCUT2D eigenvalue weighted by molar-refractivity contribution is 0.793. The van der Waals surface area contributed by atoms with Gasteiger partial charge in [-0.25, -0.2) is 0 Å². The van der Waals surface area contributed by atoms with Crippen LogP contribution in [0.2, 0.25) is 0 Å². The number of thiophene rings is 1. The average molecular weight is 1820 g/mol. The second-order valence-electron chi connectivity index (χ2n) is 41.7. The fourth-order valence-corrected chi connectivity index (χ4v) is 33.1. The first-order valence-corrected chi connectivity index (χ1v) is 51.5. The van der Waals surface area contributed by atoms with Crippen LogP contribution >= 0.6 is 11.3 Å². The Morgan fingerprint density at radius 3 is 0.357 bits per heavy atom. The van der Waals surface area contributed by atoms with Crippen molar-refractivity contribution in [2.75, 3.05) is 0 Å². The number of fused-ring (bicyclic) bond motifs is 61. The van der Waals surface area contributed by atoms with Crippen molar-refractivity contribution in [3.8, 4) is 178 Å². The summed E-state index contributed by atoms with van der Waals surface area (Å²) in [4.78, 5) is 2.75. The first-order valence-electron chi connectivity index (χ1n) is 50.6. The second-order valence-corrected chi connectivity index (χ2v) is 42.8. The normalized spacial score (nSPS) is 15.6. The first-order chi connectivity index (χ1) is 70.9. The molecule has 1 heteroatoms. The van der Waals surface area contributed by atoms with Gasteiger partial charge in [-0.05, 0) is 338 Å². The predicted molar refractivity (Wildman–Crippen MR) is 584 cm³/mol. The summed E-state index contributed by atoms with van der Waals surface area (Å²) in [5, 5.41) is 0. The van der Waals surface area contributed by atoms with Crippen LogP contribution in [0, 0.1) is 0 Å². The topological polar surface area (TPSA) is 0 Å². The molecule has 6 spiro atoms. The van der Waals surface area contributed by atoms with Crippen LogP contribution in [0.1, 0.15) is 132 Å². The van der Waals surface area contributed by atoms with Crippen LogP contribution in [0.25, 0.3) is 178 Å². The smallest absolute Gasteiger partial charge is 0.0819 e. The van der Waals surface area contributed by atoms with Crippen molar-refractivity contribution in [1.82, 2.24) is 0 Å². The molecule has 0 radical (unpaired) electrons. The fourth-order valence-electron chi connectivity index (χ4n) is 31.3. The molecule has 0 amide bonds. The Morgan fingerprint density at radius 1 is 0.0979 bits per heavy atom. The first kappa shape index (κ1) is 76.5. The van der Waals surface area contributed by atoms with Crippen molar-refractivity contribution < 1.29 is 0 Å². The molecule has 1 heterocycles. The lowest BCUT2D eigenvalue weighted by atomic mass is 9.70. The van der Waals surface area contributed by atoms with Crippen molar-refractivity contribution in [1.29, 1.82) is 0 Å². The van der Waals surface area contributed by atoms with E-state index in [0.29, 0.717) is 0 Å². The van der Waals surface area contributed by atoms with E-state index < -0.39 is 32.5 Å². The third kappa shape index (κ3) is 8.67. The molecule has 22 aromatic carbocycles. The van der Waals surface area contributed by atoms with Gasteiger partial charge in [0.25, 0.3) is 0 Å². The zero-order valence-electron chi connectivity index (χ0n) is 77.6. The Balaban J connectivity index is 0.620. The van der Waals surface area contributed by atoms with Gasteiger partial charge in [0, 0.05) is 20.9 Å². The minimum Gasteiger partial charge on any atom is -0.141 e. The molecule has 0 saturated heterocycles. The Labute approximate surface area is 832 Å². The van der Waals surface area contributed by atoms with Gasteiger partial charge in [0.15, 0.2) is 0 Å². The number of rotatable bonds is 4. The number of hydrogen-bond donors (Lipinski definition) is 0. The molecule has 0 nitrogen and oxygen atoms in total. The Morgan fingerprint density at radius 2 is 0.210 bits per heavy atom. The molecule has 143 heavy (non-hydrogen) atoms. The highest BCUT2D eigenvalue weighted by Crippen LogP contribution is 2.76. The molecular formula is C142H80S. The lowest BCUT2D eigenvalue weighted by Gasteiger charge is -2.33. The van der Waals surface area contributed by atoms with Gasteiger partial charge >= 0.3 is 0 Å². The predicted octanol–water partition coefficient (Wildman–Crippen LogP) is 34.5. The standard InChI is InChI=1S/C142H80S/c1-15-43-111-89(29-1)90-30-2-16-44-112(90)137(111)119-51-23-9-37-97(119)101-65-57-81(73-125(101)137)85-61-69-105-106-70-62-86(82-58-66-102-98-38-10-24-52-120(98)138(126(102)74-82)113-45-17-3-31-91(113)92-32-4-18-46-114(92)138)78-130(106)141(129(105)77-85)123-55-27-13-41-109(123)133-134-110-42-14-28-56-124(110)142(136(134)143-135(133)141)131-79-87(83-59-67-103-99-39-11-25-53-121(99)139(127(103)75-83)115-47-19-5-33-93(115)94-34-6-20-48-116(94)139)63-71-107(131)108-72-64-88(80-132(108)142)84-60-68-104-100-40-12-26-54-122(100)140(128(104)76-84)117-49-21-7-35-95(117)96-36-8-22-50-118(96)140/h1-80H. The monoisotopic (exact) mass is 1820 g/mol. The highest BCUT2D eigenvalue weighted by atomic mass is 32.1. The fraction of sp³-hybridized carbons (Fsp3) is 0.0423. The van der Waals surface area contributed by atoms with E-state index in [1.54, 1.807) is 0 Å². The molecule has 0 fully saturated rings. The summed E-state index contributed by atoms with van der Waals surface area (Å²) in [5.41, 5.74) is 66.5. The molecule has 0 saturated carbocycles. The SMILES string of the molecule is c1ccc2c(c1)-c1ccccc1C21c2ccccc2-c2ccc(-c3ccc4c(c3)C3(c5cc(-c6ccc7c(c6)C6(c8ccccc8-c8ccccc86)c6ccccc6-7)ccc5-4)c4ccccc4-c4c3sc3c4-c4ccccc4C34c3cc(-c5ccc6c(c5)C5(c7ccccc7-c7ccccc75)c5ccccc5-6)ccc3-c3ccc(-c5ccc6c(c5)C5(c7ccccc7-c7ccccc75)c5ccccc5-6)cc34)cc21. The zero-order chi connectivity index (χ0) is 92.6. The van der Waals surface area contributed by atoms with Crippen LogP contribution in [0.3, 0.4) is 0 Å². The number of benzene rings is 22. The van der Waals surface area contributed by atoms with Crippen molar-refractivity contribution >= 4 is 11.3 Å². The highest BCUT2D eigenvalue weighted by Gasteiger charge is 2.63. The van der Waals surface area contributed by atoms with Gasteiger partial charge in [-0.2, -0.15) is 0 Å². The Kier molecular flexibility index (Phi) is 14.2. The van der Waals surface area contributed by atoms with Crippen LogP contribution in [-0.4, -0.2) is 0 Å². The van der Waals surface area contributed by atoms with Crippen LogP contribution in [0.5, 0.6) is 0 Å². The van der Waals surface area contributed by atoms with Gasteiger partial charge in [-0.1, -0.05) is 437 Å². The molecule has 0 bridgehead atoms. The summed E-state index contributed by atoms with van der Waals surface area (Å²) in [5.74, 6) is 0. The van der Waals surface area contributed by atoms with E-state index >= 15 is 0 Å². The van der Waals surface area contributed by atoms with E-state index in [4.69, 9.17) is 0 Å². The van der Waals surface area contributed by atoms with Crippen molar-refractivity contribution in [3.63, 3.8) is 0 Å². The summed E-state index contributed by atoms with van der Waals surface area (Å²) in [6.07, 6.45) is 0.